The highest BCUT2D eigenvalue weighted by Gasteiger charge is 2.39. The number of hydrogen-bond donors (Lipinski definition) is 1. The van der Waals surface area contributed by atoms with E-state index < -0.39 is 0 Å². The van der Waals surface area contributed by atoms with E-state index in [9.17, 15) is 0 Å². The molecule has 4 rings (SSSR count). The molecular weight excluding hydrogens is 196 g/mol. The Labute approximate surface area is 95.3 Å². The van der Waals surface area contributed by atoms with E-state index in [4.69, 9.17) is 0 Å². The van der Waals surface area contributed by atoms with Crippen LogP contribution in [-0.2, 0) is 6.42 Å². The van der Waals surface area contributed by atoms with Crippen molar-refractivity contribution in [3.63, 3.8) is 0 Å². The van der Waals surface area contributed by atoms with Gasteiger partial charge >= 0.3 is 0 Å². The lowest BCUT2D eigenvalue weighted by Gasteiger charge is -2.31. The van der Waals surface area contributed by atoms with Gasteiger partial charge in [-0.15, -0.1) is 0 Å². The van der Waals surface area contributed by atoms with E-state index in [0.717, 1.165) is 6.04 Å². The molecule has 0 aliphatic carbocycles. The summed E-state index contributed by atoms with van der Waals surface area (Å²) in [5.41, 5.74) is 4.38. The summed E-state index contributed by atoms with van der Waals surface area (Å²) in [6.45, 7) is 0. The second-order valence-electron chi connectivity index (χ2n) is 5.18. The highest BCUT2D eigenvalue weighted by atomic mass is 15.2. The Morgan fingerprint density at radius 2 is 2.12 bits per heavy atom. The summed E-state index contributed by atoms with van der Waals surface area (Å²) in [5, 5.41) is 1.44. The van der Waals surface area contributed by atoms with Crippen LogP contribution in [0.15, 0.2) is 24.3 Å². The molecule has 2 unspecified atom stereocenters. The Balaban J connectivity index is 2.03. The molecule has 1 fully saturated rings. The van der Waals surface area contributed by atoms with Gasteiger partial charge in [0.1, 0.15) is 0 Å². The maximum atomic E-state index is 3.61. The fraction of sp³-hybridized carbons (Fsp3) is 0.429. The molecule has 16 heavy (non-hydrogen) atoms. The minimum atomic E-state index is 0.657. The molecule has 0 spiro atoms. The van der Waals surface area contributed by atoms with Crippen LogP contribution in [0.3, 0.4) is 0 Å². The van der Waals surface area contributed by atoms with Crippen LogP contribution < -0.4 is 0 Å². The van der Waals surface area contributed by atoms with Gasteiger partial charge in [-0.05, 0) is 31.5 Å². The lowest BCUT2D eigenvalue weighted by Crippen LogP contribution is -2.33. The SMILES string of the molecule is CN1C2CCC1c1c([nH]c3ccccc13)C2. The second kappa shape index (κ2) is 2.89. The molecule has 1 aromatic carbocycles. The molecule has 0 radical (unpaired) electrons. The molecule has 82 valence electrons. The van der Waals surface area contributed by atoms with Gasteiger partial charge in [0.05, 0.1) is 0 Å². The minimum Gasteiger partial charge on any atom is -0.358 e. The molecule has 2 aromatic rings. The molecule has 2 nitrogen and oxygen atoms in total. The second-order valence-corrected chi connectivity index (χ2v) is 5.18. The summed E-state index contributed by atoms with van der Waals surface area (Å²) >= 11 is 0. The van der Waals surface area contributed by atoms with Gasteiger partial charge in [0, 0.05) is 35.1 Å². The number of likely N-dealkylation sites (N-methyl/N-ethyl adjacent to an activating group) is 1. The van der Waals surface area contributed by atoms with Crippen molar-refractivity contribution in [2.75, 3.05) is 7.05 Å². The van der Waals surface area contributed by atoms with Crippen molar-refractivity contribution in [3.8, 4) is 0 Å². The molecule has 3 heterocycles. The molecule has 0 saturated carbocycles. The third-order valence-corrected chi connectivity index (χ3v) is 4.44. The average Bonchev–Trinajstić information content (AvgIpc) is 2.76. The quantitative estimate of drug-likeness (QED) is 0.711. The first kappa shape index (κ1) is 8.82. The van der Waals surface area contributed by atoms with Gasteiger partial charge in [-0.1, -0.05) is 18.2 Å². The maximum absolute atomic E-state index is 3.61. The number of fused-ring (bicyclic) bond motifs is 6. The van der Waals surface area contributed by atoms with Crippen molar-refractivity contribution in [1.29, 1.82) is 0 Å². The standard InChI is InChI=1S/C14H16N2/c1-16-9-6-7-13(16)14-10-4-2-3-5-11(10)15-12(14)8-9/h2-5,9,13,15H,6-8H2,1H3. The number of aromatic nitrogens is 1. The zero-order chi connectivity index (χ0) is 10.7. The van der Waals surface area contributed by atoms with Crippen LogP contribution in [0.5, 0.6) is 0 Å². The number of aromatic amines is 1. The van der Waals surface area contributed by atoms with Crippen LogP contribution in [0, 0.1) is 0 Å². The molecule has 1 N–H and O–H groups in total. The van der Waals surface area contributed by atoms with E-state index >= 15 is 0 Å². The van der Waals surface area contributed by atoms with Gasteiger partial charge < -0.3 is 4.98 Å². The molecule has 2 aliphatic heterocycles. The third kappa shape index (κ3) is 0.957. The molecule has 1 aromatic heterocycles. The number of nitrogens with one attached hydrogen (secondary N) is 1. The first-order chi connectivity index (χ1) is 7.84. The normalized spacial score (nSPS) is 28.6. The fourth-order valence-corrected chi connectivity index (χ4v) is 3.60. The Kier molecular flexibility index (Phi) is 1.59. The molecule has 0 amide bonds. The minimum absolute atomic E-state index is 0.657. The number of rotatable bonds is 0. The van der Waals surface area contributed by atoms with Crippen molar-refractivity contribution < 1.29 is 0 Å². The van der Waals surface area contributed by atoms with Crippen molar-refractivity contribution in [2.45, 2.75) is 31.3 Å². The largest absolute Gasteiger partial charge is 0.358 e. The van der Waals surface area contributed by atoms with E-state index in [0.29, 0.717) is 6.04 Å². The highest BCUT2D eigenvalue weighted by Crippen LogP contribution is 2.45. The summed E-state index contributed by atoms with van der Waals surface area (Å²) in [6, 6.07) is 10.2. The fourth-order valence-electron chi connectivity index (χ4n) is 3.60. The van der Waals surface area contributed by atoms with E-state index in [1.165, 1.54) is 35.9 Å². The van der Waals surface area contributed by atoms with Gasteiger partial charge in [0.15, 0.2) is 0 Å². The Morgan fingerprint density at radius 1 is 1.25 bits per heavy atom. The Hall–Kier alpha value is -1.28. The first-order valence-corrected chi connectivity index (χ1v) is 6.16. The monoisotopic (exact) mass is 212 g/mol. The Morgan fingerprint density at radius 3 is 3.06 bits per heavy atom. The van der Waals surface area contributed by atoms with Gasteiger partial charge in [-0.3, -0.25) is 4.90 Å². The predicted octanol–water partition coefficient (Wildman–Crippen LogP) is 2.86. The van der Waals surface area contributed by atoms with Gasteiger partial charge in [0.25, 0.3) is 0 Å². The maximum Gasteiger partial charge on any atom is 0.0459 e. The van der Waals surface area contributed by atoms with E-state index in [-0.39, 0.29) is 0 Å². The zero-order valence-corrected chi connectivity index (χ0v) is 9.53. The van der Waals surface area contributed by atoms with Crippen LogP contribution in [0.2, 0.25) is 0 Å². The van der Waals surface area contributed by atoms with Gasteiger partial charge in [0.2, 0.25) is 0 Å². The van der Waals surface area contributed by atoms with Crippen LogP contribution in [0.25, 0.3) is 10.9 Å². The number of nitrogens with zero attached hydrogens (tertiary/aromatic N) is 1. The molecule has 2 aliphatic rings. The van der Waals surface area contributed by atoms with Crippen LogP contribution >= 0.6 is 0 Å². The lowest BCUT2D eigenvalue weighted by molar-refractivity contribution is 0.224. The molecule has 2 heteroatoms. The van der Waals surface area contributed by atoms with Crippen LogP contribution in [0.4, 0.5) is 0 Å². The molecule has 2 bridgehead atoms. The average molecular weight is 212 g/mol. The van der Waals surface area contributed by atoms with Crippen LogP contribution in [0.1, 0.15) is 30.1 Å². The van der Waals surface area contributed by atoms with E-state index in [1.807, 2.05) is 0 Å². The summed E-state index contributed by atoms with van der Waals surface area (Å²) < 4.78 is 0. The van der Waals surface area contributed by atoms with Crippen molar-refractivity contribution in [2.24, 2.45) is 0 Å². The van der Waals surface area contributed by atoms with Crippen molar-refractivity contribution in [1.82, 2.24) is 9.88 Å². The molecular formula is C14H16N2. The van der Waals surface area contributed by atoms with Gasteiger partial charge in [-0.2, -0.15) is 0 Å². The number of para-hydroxylation sites is 1. The zero-order valence-electron chi connectivity index (χ0n) is 9.53. The third-order valence-electron chi connectivity index (χ3n) is 4.44. The smallest absolute Gasteiger partial charge is 0.0459 e. The van der Waals surface area contributed by atoms with Crippen LogP contribution in [-0.4, -0.2) is 23.0 Å². The highest BCUT2D eigenvalue weighted by molar-refractivity contribution is 5.85. The van der Waals surface area contributed by atoms with E-state index in [1.54, 1.807) is 5.56 Å². The summed E-state index contributed by atoms with van der Waals surface area (Å²) in [6.07, 6.45) is 3.89. The number of hydrogen-bond acceptors (Lipinski definition) is 1. The summed E-state index contributed by atoms with van der Waals surface area (Å²) in [5.74, 6) is 0. The summed E-state index contributed by atoms with van der Waals surface area (Å²) in [4.78, 5) is 6.18. The Bertz CT molecular complexity index is 555. The number of H-pyrrole nitrogens is 1. The lowest BCUT2D eigenvalue weighted by atomic mass is 9.98. The van der Waals surface area contributed by atoms with E-state index in [2.05, 4.69) is 41.2 Å². The van der Waals surface area contributed by atoms with Gasteiger partial charge in [-0.25, -0.2) is 0 Å². The molecule has 2 atom stereocenters. The van der Waals surface area contributed by atoms with Crippen molar-refractivity contribution >= 4 is 10.9 Å². The first-order valence-electron chi connectivity index (χ1n) is 6.16. The predicted molar refractivity (Wildman–Crippen MR) is 65.5 cm³/mol. The summed E-state index contributed by atoms with van der Waals surface area (Å²) in [7, 11) is 2.28. The number of benzene rings is 1. The topological polar surface area (TPSA) is 19.0 Å². The molecule has 1 saturated heterocycles. The van der Waals surface area contributed by atoms with Crippen molar-refractivity contribution in [3.05, 3.63) is 35.5 Å².